The van der Waals surface area contributed by atoms with E-state index in [1.165, 1.54) is 24.3 Å². The van der Waals surface area contributed by atoms with E-state index in [0.29, 0.717) is 10.6 Å². The summed E-state index contributed by atoms with van der Waals surface area (Å²) in [4.78, 5) is 33.2. The minimum absolute atomic E-state index is 0.192. The van der Waals surface area contributed by atoms with E-state index in [0.717, 1.165) is 11.8 Å². The van der Waals surface area contributed by atoms with E-state index in [9.17, 15) is 14.4 Å². The SMILES string of the molecule is O=C(O)COc1ccc(Cl)cc1/C=C1\SC(=O)NC1=O. The van der Waals surface area contributed by atoms with Gasteiger partial charge in [0.1, 0.15) is 5.75 Å². The summed E-state index contributed by atoms with van der Waals surface area (Å²) < 4.78 is 5.10. The van der Waals surface area contributed by atoms with E-state index in [2.05, 4.69) is 5.32 Å². The van der Waals surface area contributed by atoms with Gasteiger partial charge in [0.2, 0.25) is 0 Å². The highest BCUT2D eigenvalue weighted by molar-refractivity contribution is 8.18. The first-order valence-electron chi connectivity index (χ1n) is 5.34. The Morgan fingerprint density at radius 2 is 2.20 bits per heavy atom. The van der Waals surface area contributed by atoms with Crippen LogP contribution in [0.15, 0.2) is 23.1 Å². The molecule has 0 aliphatic carbocycles. The van der Waals surface area contributed by atoms with Crippen LogP contribution >= 0.6 is 23.4 Å². The number of amides is 2. The number of hydrogen-bond acceptors (Lipinski definition) is 5. The summed E-state index contributed by atoms with van der Waals surface area (Å²) in [7, 11) is 0. The van der Waals surface area contributed by atoms with Gasteiger partial charge in [-0.15, -0.1) is 0 Å². The Bertz CT molecular complexity index is 628. The number of nitrogens with one attached hydrogen (secondary N) is 1. The summed E-state index contributed by atoms with van der Waals surface area (Å²) in [6, 6.07) is 4.55. The number of carboxylic acid groups (broad SMARTS) is 1. The summed E-state index contributed by atoms with van der Waals surface area (Å²) >= 11 is 6.61. The van der Waals surface area contributed by atoms with Crippen molar-refractivity contribution in [1.29, 1.82) is 0 Å². The van der Waals surface area contributed by atoms with Gasteiger partial charge in [-0.25, -0.2) is 4.79 Å². The smallest absolute Gasteiger partial charge is 0.341 e. The molecule has 1 heterocycles. The molecule has 104 valence electrons. The summed E-state index contributed by atoms with van der Waals surface area (Å²) in [6.45, 7) is -0.518. The van der Waals surface area contributed by atoms with Gasteiger partial charge in [0.05, 0.1) is 4.91 Å². The van der Waals surface area contributed by atoms with E-state index in [4.69, 9.17) is 21.4 Å². The fourth-order valence-electron chi connectivity index (χ4n) is 1.47. The third-order valence-electron chi connectivity index (χ3n) is 2.25. The molecule has 0 saturated carbocycles. The number of carboxylic acids is 1. The molecule has 1 aliphatic rings. The molecule has 0 unspecified atom stereocenters. The largest absolute Gasteiger partial charge is 0.481 e. The molecule has 2 N–H and O–H groups in total. The maximum atomic E-state index is 11.5. The Morgan fingerprint density at radius 1 is 1.45 bits per heavy atom. The molecule has 20 heavy (non-hydrogen) atoms. The van der Waals surface area contributed by atoms with Crippen molar-refractivity contribution in [1.82, 2.24) is 5.32 Å². The number of hydrogen-bond donors (Lipinski definition) is 2. The van der Waals surface area contributed by atoms with Crippen LogP contribution in [0.25, 0.3) is 6.08 Å². The molecular weight excluding hydrogens is 306 g/mol. The number of halogens is 1. The molecule has 0 aromatic heterocycles. The molecule has 2 amide bonds. The van der Waals surface area contributed by atoms with Gasteiger partial charge in [-0.1, -0.05) is 11.6 Å². The Morgan fingerprint density at radius 3 is 2.80 bits per heavy atom. The summed E-state index contributed by atoms with van der Waals surface area (Å²) in [6.07, 6.45) is 1.42. The molecule has 2 rings (SSSR count). The average Bonchev–Trinajstić information content (AvgIpc) is 2.66. The predicted octanol–water partition coefficient (Wildman–Crippen LogP) is 2.13. The minimum Gasteiger partial charge on any atom is -0.481 e. The summed E-state index contributed by atoms with van der Waals surface area (Å²) in [5.41, 5.74) is 0.422. The van der Waals surface area contributed by atoms with Crippen LogP contribution in [-0.4, -0.2) is 28.8 Å². The third-order valence-corrected chi connectivity index (χ3v) is 3.30. The van der Waals surface area contributed by atoms with E-state index in [1.807, 2.05) is 0 Å². The lowest BCUT2D eigenvalue weighted by Gasteiger charge is -2.07. The molecule has 0 spiro atoms. The highest BCUT2D eigenvalue weighted by atomic mass is 35.5. The lowest BCUT2D eigenvalue weighted by molar-refractivity contribution is -0.139. The van der Waals surface area contributed by atoms with Crippen LogP contribution in [0.5, 0.6) is 5.75 Å². The number of imide groups is 1. The van der Waals surface area contributed by atoms with Crippen LogP contribution in [0.4, 0.5) is 4.79 Å². The first kappa shape index (κ1) is 14.4. The molecule has 8 heteroatoms. The van der Waals surface area contributed by atoms with Crippen LogP contribution in [0.3, 0.4) is 0 Å². The van der Waals surface area contributed by atoms with Gasteiger partial charge in [0, 0.05) is 10.6 Å². The fraction of sp³-hybridized carbons (Fsp3) is 0.0833. The van der Waals surface area contributed by atoms with Crippen LogP contribution in [-0.2, 0) is 9.59 Å². The fourth-order valence-corrected chi connectivity index (χ4v) is 2.32. The molecule has 0 atom stereocenters. The number of thioether (sulfide) groups is 1. The number of carbonyl (C=O) groups excluding carboxylic acids is 2. The molecule has 1 aliphatic heterocycles. The highest BCUT2D eigenvalue weighted by Gasteiger charge is 2.25. The topological polar surface area (TPSA) is 92.7 Å². The van der Waals surface area contributed by atoms with Gasteiger partial charge in [-0.3, -0.25) is 14.9 Å². The minimum atomic E-state index is -1.12. The zero-order chi connectivity index (χ0) is 14.7. The normalized spacial score (nSPS) is 16.4. The predicted molar refractivity (Wildman–Crippen MR) is 73.7 cm³/mol. The van der Waals surface area contributed by atoms with Gasteiger partial charge >= 0.3 is 5.97 Å². The van der Waals surface area contributed by atoms with E-state index in [-0.39, 0.29) is 10.7 Å². The molecule has 1 aromatic rings. The van der Waals surface area contributed by atoms with Crippen molar-refractivity contribution in [3.8, 4) is 5.75 Å². The van der Waals surface area contributed by atoms with Gasteiger partial charge in [-0.05, 0) is 36.0 Å². The molecule has 6 nitrogen and oxygen atoms in total. The van der Waals surface area contributed by atoms with Crippen molar-refractivity contribution in [3.05, 3.63) is 33.7 Å². The third kappa shape index (κ3) is 3.52. The maximum absolute atomic E-state index is 11.5. The summed E-state index contributed by atoms with van der Waals surface area (Å²) in [5.74, 6) is -1.37. The molecule has 1 fully saturated rings. The lowest BCUT2D eigenvalue weighted by atomic mass is 10.2. The second-order valence-corrected chi connectivity index (χ2v) is 5.17. The Balaban J connectivity index is 2.32. The lowest BCUT2D eigenvalue weighted by Crippen LogP contribution is -2.17. The quantitative estimate of drug-likeness (QED) is 0.827. The van der Waals surface area contributed by atoms with Crippen LogP contribution < -0.4 is 10.1 Å². The first-order chi connectivity index (χ1) is 9.45. The second kappa shape index (κ2) is 5.98. The molecular formula is C12H8ClNO5S. The van der Waals surface area contributed by atoms with Gasteiger partial charge < -0.3 is 9.84 Å². The van der Waals surface area contributed by atoms with E-state index in [1.54, 1.807) is 0 Å². The Hall–Kier alpha value is -1.99. The van der Waals surface area contributed by atoms with E-state index >= 15 is 0 Å². The molecule has 0 bridgehead atoms. The van der Waals surface area contributed by atoms with Gasteiger partial charge in [0.25, 0.3) is 11.1 Å². The van der Waals surface area contributed by atoms with Crippen molar-refractivity contribution < 1.29 is 24.2 Å². The highest BCUT2D eigenvalue weighted by Crippen LogP contribution is 2.30. The van der Waals surface area contributed by atoms with E-state index < -0.39 is 23.7 Å². The zero-order valence-electron chi connectivity index (χ0n) is 9.88. The van der Waals surface area contributed by atoms with Crippen molar-refractivity contribution in [2.45, 2.75) is 0 Å². The first-order valence-corrected chi connectivity index (χ1v) is 6.54. The zero-order valence-corrected chi connectivity index (χ0v) is 11.5. The molecule has 0 radical (unpaired) electrons. The van der Waals surface area contributed by atoms with Crippen molar-refractivity contribution in [2.75, 3.05) is 6.61 Å². The standard InChI is InChI=1S/C12H8ClNO5S/c13-7-1-2-8(19-5-10(15)16)6(3-7)4-9-11(17)14-12(18)20-9/h1-4H,5H2,(H,15,16)(H,14,17,18)/b9-4-. The molecule has 1 saturated heterocycles. The van der Waals surface area contributed by atoms with Crippen LogP contribution in [0.2, 0.25) is 5.02 Å². The van der Waals surface area contributed by atoms with Gasteiger partial charge in [0.15, 0.2) is 6.61 Å². The number of aliphatic carboxylic acids is 1. The maximum Gasteiger partial charge on any atom is 0.341 e. The van der Waals surface area contributed by atoms with Crippen molar-refractivity contribution >= 4 is 46.6 Å². The van der Waals surface area contributed by atoms with Crippen molar-refractivity contribution in [3.63, 3.8) is 0 Å². The number of carbonyl (C=O) groups is 3. The molecule has 1 aromatic carbocycles. The Kier molecular flexibility index (Phi) is 4.31. The van der Waals surface area contributed by atoms with Gasteiger partial charge in [-0.2, -0.15) is 0 Å². The Labute approximate surface area is 122 Å². The number of ether oxygens (including phenoxy) is 1. The average molecular weight is 314 g/mol. The van der Waals surface area contributed by atoms with Crippen molar-refractivity contribution in [2.24, 2.45) is 0 Å². The second-order valence-electron chi connectivity index (χ2n) is 3.72. The monoisotopic (exact) mass is 313 g/mol. The number of benzene rings is 1. The van der Waals surface area contributed by atoms with Crippen LogP contribution in [0.1, 0.15) is 5.56 Å². The summed E-state index contributed by atoms with van der Waals surface area (Å²) in [5, 5.41) is 10.7. The van der Waals surface area contributed by atoms with Crippen LogP contribution in [0, 0.1) is 0 Å². The number of rotatable bonds is 4.